The van der Waals surface area contributed by atoms with Gasteiger partial charge in [-0.05, 0) is 44.9 Å². The predicted octanol–water partition coefficient (Wildman–Crippen LogP) is 15.8. The van der Waals surface area contributed by atoms with Crippen molar-refractivity contribution >= 4 is 17.9 Å². The first-order valence-electron chi connectivity index (χ1n) is 24.7. The molecule has 0 saturated carbocycles. The van der Waals surface area contributed by atoms with Gasteiger partial charge in [0.1, 0.15) is 13.2 Å². The minimum Gasteiger partial charge on any atom is -0.462 e. The van der Waals surface area contributed by atoms with Crippen molar-refractivity contribution in [2.24, 2.45) is 0 Å². The lowest BCUT2D eigenvalue weighted by Crippen LogP contribution is -2.30. The summed E-state index contributed by atoms with van der Waals surface area (Å²) in [5.41, 5.74) is 0. The lowest BCUT2D eigenvalue weighted by molar-refractivity contribution is -0.167. The van der Waals surface area contributed by atoms with E-state index in [2.05, 4.69) is 32.9 Å². The molecule has 0 spiro atoms. The Hall–Kier alpha value is -1.85. The van der Waals surface area contributed by atoms with E-state index >= 15 is 0 Å². The quantitative estimate of drug-likeness (QED) is 0.0264. The molecule has 0 unspecified atom stereocenters. The fraction of sp³-hybridized carbons (Fsp3) is 0.900. The van der Waals surface area contributed by atoms with Crippen molar-refractivity contribution in [1.82, 2.24) is 0 Å². The Bertz CT molecular complexity index is 870. The number of esters is 3. The summed E-state index contributed by atoms with van der Waals surface area (Å²) in [5.74, 6) is -0.866. The Morgan fingerprint density at radius 1 is 0.339 bits per heavy atom. The Kier molecular flexibility index (Phi) is 44.3. The van der Waals surface area contributed by atoms with Crippen LogP contribution in [0.25, 0.3) is 0 Å². The van der Waals surface area contributed by atoms with E-state index < -0.39 is 6.10 Å². The van der Waals surface area contributed by atoms with Gasteiger partial charge in [0.05, 0.1) is 0 Å². The van der Waals surface area contributed by atoms with E-state index in [0.717, 1.165) is 64.2 Å². The van der Waals surface area contributed by atoms with Crippen LogP contribution < -0.4 is 0 Å². The number of allylic oxidation sites excluding steroid dienone is 2. The molecule has 0 aromatic rings. The molecule has 0 aliphatic carbocycles. The molecular formula is C50H94O6. The van der Waals surface area contributed by atoms with Crippen molar-refractivity contribution in [3.63, 3.8) is 0 Å². The molecule has 0 aliphatic heterocycles. The third-order valence-corrected chi connectivity index (χ3v) is 11.0. The molecule has 0 radical (unpaired) electrons. The van der Waals surface area contributed by atoms with Crippen LogP contribution in [0.15, 0.2) is 12.2 Å². The van der Waals surface area contributed by atoms with Crippen LogP contribution in [0, 0.1) is 0 Å². The highest BCUT2D eigenvalue weighted by Gasteiger charge is 2.19. The average Bonchev–Trinajstić information content (AvgIpc) is 3.19. The van der Waals surface area contributed by atoms with Gasteiger partial charge in [0.2, 0.25) is 0 Å². The first kappa shape index (κ1) is 54.2. The van der Waals surface area contributed by atoms with E-state index in [1.807, 2.05) is 0 Å². The van der Waals surface area contributed by atoms with Crippen molar-refractivity contribution < 1.29 is 28.6 Å². The highest BCUT2D eigenvalue weighted by atomic mass is 16.6. The maximum absolute atomic E-state index is 12.7. The lowest BCUT2D eigenvalue weighted by Gasteiger charge is -2.18. The maximum Gasteiger partial charge on any atom is 0.306 e. The van der Waals surface area contributed by atoms with Gasteiger partial charge < -0.3 is 14.2 Å². The summed E-state index contributed by atoms with van der Waals surface area (Å²) in [7, 11) is 0. The third-order valence-electron chi connectivity index (χ3n) is 11.0. The third kappa shape index (κ3) is 43.3. The monoisotopic (exact) mass is 791 g/mol. The Labute approximate surface area is 348 Å². The van der Waals surface area contributed by atoms with Crippen LogP contribution in [0.4, 0.5) is 0 Å². The highest BCUT2D eigenvalue weighted by molar-refractivity contribution is 5.71. The molecule has 56 heavy (non-hydrogen) atoms. The largest absolute Gasteiger partial charge is 0.462 e. The van der Waals surface area contributed by atoms with Crippen LogP contribution in [0.2, 0.25) is 0 Å². The number of carbonyl (C=O) groups is 3. The minimum absolute atomic E-state index is 0.0685. The van der Waals surface area contributed by atoms with Crippen LogP contribution in [0.5, 0.6) is 0 Å². The standard InChI is InChI=1S/C50H94O6/c1-4-7-10-13-16-19-22-24-25-27-28-31-34-37-40-43-49(52)55-46-47(45-54-48(51)42-39-36-33-30-21-18-15-12-9-6-3)56-50(53)44-41-38-35-32-29-26-23-20-17-14-11-8-5-2/h20,23,47H,4-19,21-22,24-46H2,1-3H3/b23-20-/t47-/m1/s1. The minimum atomic E-state index is -0.766. The van der Waals surface area contributed by atoms with Gasteiger partial charge in [-0.3, -0.25) is 14.4 Å². The molecule has 6 nitrogen and oxygen atoms in total. The molecule has 1 atom stereocenters. The topological polar surface area (TPSA) is 78.9 Å². The molecule has 0 amide bonds. The summed E-state index contributed by atoms with van der Waals surface area (Å²) in [6.45, 7) is 6.63. The molecule has 0 bridgehead atoms. The van der Waals surface area contributed by atoms with Crippen LogP contribution in [0.3, 0.4) is 0 Å². The van der Waals surface area contributed by atoms with Gasteiger partial charge >= 0.3 is 17.9 Å². The maximum atomic E-state index is 12.7. The van der Waals surface area contributed by atoms with Crippen molar-refractivity contribution in [3.05, 3.63) is 12.2 Å². The zero-order valence-corrected chi connectivity index (χ0v) is 37.7. The molecule has 330 valence electrons. The smallest absolute Gasteiger partial charge is 0.306 e. The summed E-state index contributed by atoms with van der Waals surface area (Å²) in [5, 5.41) is 0. The summed E-state index contributed by atoms with van der Waals surface area (Å²) in [4.78, 5) is 37.8. The Morgan fingerprint density at radius 3 is 0.911 bits per heavy atom. The predicted molar refractivity (Wildman–Crippen MR) is 238 cm³/mol. The molecule has 0 saturated heterocycles. The van der Waals surface area contributed by atoms with Gasteiger partial charge in [0.15, 0.2) is 6.10 Å². The van der Waals surface area contributed by atoms with Gasteiger partial charge in [0, 0.05) is 19.3 Å². The van der Waals surface area contributed by atoms with Gasteiger partial charge in [-0.25, -0.2) is 0 Å². The second kappa shape index (κ2) is 45.8. The van der Waals surface area contributed by atoms with E-state index in [-0.39, 0.29) is 31.1 Å². The van der Waals surface area contributed by atoms with Gasteiger partial charge in [0.25, 0.3) is 0 Å². The first-order chi connectivity index (χ1) is 27.5. The molecule has 0 rings (SSSR count). The van der Waals surface area contributed by atoms with Crippen molar-refractivity contribution in [2.75, 3.05) is 13.2 Å². The van der Waals surface area contributed by atoms with Crippen LogP contribution in [-0.4, -0.2) is 37.2 Å². The van der Waals surface area contributed by atoms with E-state index in [9.17, 15) is 14.4 Å². The second-order valence-corrected chi connectivity index (χ2v) is 16.7. The van der Waals surface area contributed by atoms with Crippen LogP contribution in [0.1, 0.15) is 271 Å². The zero-order valence-electron chi connectivity index (χ0n) is 37.7. The molecule has 0 aromatic heterocycles. The molecule has 0 aliphatic rings. The van der Waals surface area contributed by atoms with Gasteiger partial charge in [-0.1, -0.05) is 219 Å². The van der Waals surface area contributed by atoms with Crippen molar-refractivity contribution in [3.8, 4) is 0 Å². The zero-order chi connectivity index (χ0) is 40.8. The fourth-order valence-electron chi connectivity index (χ4n) is 7.26. The van der Waals surface area contributed by atoms with E-state index in [1.54, 1.807) is 0 Å². The normalized spacial score (nSPS) is 12.0. The number of unbranched alkanes of at least 4 members (excludes halogenated alkanes) is 32. The molecule has 0 fully saturated rings. The number of carbonyl (C=O) groups excluding carboxylic acids is 3. The Balaban J connectivity index is 4.32. The molecule has 0 aromatic carbocycles. The second-order valence-electron chi connectivity index (χ2n) is 16.7. The molecular weight excluding hydrogens is 697 g/mol. The average molecular weight is 791 g/mol. The summed E-state index contributed by atoms with van der Waals surface area (Å²) in [6, 6.07) is 0. The highest BCUT2D eigenvalue weighted by Crippen LogP contribution is 2.16. The number of ether oxygens (including phenoxy) is 3. The van der Waals surface area contributed by atoms with Crippen molar-refractivity contribution in [2.45, 2.75) is 277 Å². The van der Waals surface area contributed by atoms with Gasteiger partial charge in [-0.2, -0.15) is 0 Å². The molecule has 0 heterocycles. The molecule has 0 N–H and O–H groups in total. The number of hydrogen-bond donors (Lipinski definition) is 0. The number of rotatable bonds is 45. The first-order valence-corrected chi connectivity index (χ1v) is 24.7. The van der Waals surface area contributed by atoms with E-state index in [1.165, 1.54) is 167 Å². The van der Waals surface area contributed by atoms with Crippen LogP contribution in [-0.2, 0) is 28.6 Å². The SMILES string of the molecule is CCCCCC/C=C\CCCCCCCC(=O)O[C@H](COC(=O)CCCCCCCCCCCC)COC(=O)CCCCCCCCCCCCCCCCC. The summed E-state index contributed by atoms with van der Waals surface area (Å²) < 4.78 is 16.7. The van der Waals surface area contributed by atoms with Crippen molar-refractivity contribution in [1.29, 1.82) is 0 Å². The number of hydrogen-bond acceptors (Lipinski definition) is 6. The molecule has 6 heteroatoms. The summed E-state index contributed by atoms with van der Waals surface area (Å²) >= 11 is 0. The van der Waals surface area contributed by atoms with E-state index in [4.69, 9.17) is 14.2 Å². The fourth-order valence-corrected chi connectivity index (χ4v) is 7.26. The van der Waals surface area contributed by atoms with Crippen LogP contribution >= 0.6 is 0 Å². The van der Waals surface area contributed by atoms with Gasteiger partial charge in [-0.15, -0.1) is 0 Å². The van der Waals surface area contributed by atoms with E-state index in [0.29, 0.717) is 19.3 Å². The summed E-state index contributed by atoms with van der Waals surface area (Å²) in [6.07, 6.45) is 49.0. The Morgan fingerprint density at radius 2 is 0.589 bits per heavy atom. The lowest BCUT2D eigenvalue weighted by atomic mass is 10.0.